The number of aliphatic hydroxyl groups is 1. The first kappa shape index (κ1) is 10.5. The van der Waals surface area contributed by atoms with Crippen LogP contribution in [-0.4, -0.2) is 23.2 Å². The summed E-state index contributed by atoms with van der Waals surface area (Å²) in [5, 5.41) is 11.9. The highest BCUT2D eigenvalue weighted by molar-refractivity contribution is 5.81. The summed E-state index contributed by atoms with van der Waals surface area (Å²) in [6.45, 7) is 4.15. The summed E-state index contributed by atoms with van der Waals surface area (Å²) in [7, 11) is 0. The van der Waals surface area contributed by atoms with Crippen molar-refractivity contribution in [1.29, 1.82) is 0 Å². The van der Waals surface area contributed by atoms with E-state index in [4.69, 9.17) is 5.11 Å². The van der Waals surface area contributed by atoms with Crippen LogP contribution in [0.1, 0.15) is 39.5 Å². The Morgan fingerprint density at radius 3 is 2.62 bits per heavy atom. The first-order chi connectivity index (χ1) is 6.11. The van der Waals surface area contributed by atoms with E-state index in [-0.39, 0.29) is 24.0 Å². The number of hydrogen-bond donors (Lipinski definition) is 2. The third-order valence-corrected chi connectivity index (χ3v) is 2.82. The van der Waals surface area contributed by atoms with E-state index >= 15 is 0 Å². The van der Waals surface area contributed by atoms with Crippen LogP contribution in [-0.2, 0) is 4.79 Å². The van der Waals surface area contributed by atoms with E-state index in [9.17, 15) is 4.79 Å². The molecule has 1 aliphatic rings. The molecule has 0 aromatic carbocycles. The minimum Gasteiger partial charge on any atom is -0.396 e. The van der Waals surface area contributed by atoms with E-state index in [1.165, 1.54) is 0 Å². The molecule has 1 saturated carbocycles. The molecular formula is C10H19NO2. The maximum absolute atomic E-state index is 11.5. The van der Waals surface area contributed by atoms with E-state index in [2.05, 4.69) is 5.32 Å². The number of carbonyl (C=O) groups excluding carboxylic acids is 1. The van der Waals surface area contributed by atoms with Crippen LogP contribution in [0.4, 0.5) is 0 Å². The Morgan fingerprint density at radius 2 is 2.23 bits per heavy atom. The average molecular weight is 185 g/mol. The molecule has 3 nitrogen and oxygen atoms in total. The van der Waals surface area contributed by atoms with Crippen molar-refractivity contribution >= 4 is 5.91 Å². The number of amides is 1. The lowest BCUT2D eigenvalue weighted by Gasteiger charge is -2.29. The summed E-state index contributed by atoms with van der Waals surface area (Å²) >= 11 is 0. The molecule has 0 heterocycles. The predicted octanol–water partition coefficient (Wildman–Crippen LogP) is 1.06. The van der Waals surface area contributed by atoms with E-state index < -0.39 is 0 Å². The average Bonchev–Trinajstić information content (AvgIpc) is 2.87. The molecule has 1 unspecified atom stereocenters. The van der Waals surface area contributed by atoms with E-state index in [0.717, 1.165) is 19.3 Å². The zero-order valence-electron chi connectivity index (χ0n) is 8.47. The second kappa shape index (κ2) is 4.09. The van der Waals surface area contributed by atoms with Gasteiger partial charge in [0.2, 0.25) is 5.91 Å². The molecule has 0 spiro atoms. The Hall–Kier alpha value is -0.570. The van der Waals surface area contributed by atoms with Gasteiger partial charge >= 0.3 is 0 Å². The fourth-order valence-electron chi connectivity index (χ4n) is 1.32. The van der Waals surface area contributed by atoms with Crippen LogP contribution < -0.4 is 5.32 Å². The number of nitrogens with one attached hydrogen (secondary N) is 1. The van der Waals surface area contributed by atoms with E-state index in [0.29, 0.717) is 6.42 Å². The second-order valence-electron chi connectivity index (χ2n) is 4.15. The van der Waals surface area contributed by atoms with E-state index in [1.807, 2.05) is 13.8 Å². The van der Waals surface area contributed by atoms with Gasteiger partial charge in [0.25, 0.3) is 0 Å². The third kappa shape index (κ3) is 2.99. The fraction of sp³-hybridized carbons (Fsp3) is 0.900. The number of carbonyl (C=O) groups is 1. The van der Waals surface area contributed by atoms with Crippen molar-refractivity contribution in [2.24, 2.45) is 5.92 Å². The second-order valence-corrected chi connectivity index (χ2v) is 4.15. The molecule has 1 rings (SSSR count). The molecule has 0 aliphatic heterocycles. The maximum atomic E-state index is 11.5. The Kier molecular flexibility index (Phi) is 3.31. The van der Waals surface area contributed by atoms with Crippen molar-refractivity contribution < 1.29 is 9.90 Å². The highest BCUT2D eigenvalue weighted by atomic mass is 16.3. The van der Waals surface area contributed by atoms with Crippen molar-refractivity contribution in [1.82, 2.24) is 5.32 Å². The lowest BCUT2D eigenvalue weighted by molar-refractivity contribution is -0.124. The molecule has 1 aliphatic carbocycles. The third-order valence-electron chi connectivity index (χ3n) is 2.82. The minimum atomic E-state index is -0.214. The standard InChI is InChI=1S/C10H19NO2/c1-3-10(2,6-7-12)11-9(13)8-4-5-8/h8,12H,3-7H2,1-2H3,(H,11,13). The van der Waals surface area contributed by atoms with Crippen molar-refractivity contribution in [3.05, 3.63) is 0 Å². The minimum absolute atomic E-state index is 0.134. The number of aliphatic hydroxyl groups excluding tert-OH is 1. The summed E-state index contributed by atoms with van der Waals surface area (Å²) in [5.41, 5.74) is -0.214. The molecular weight excluding hydrogens is 166 g/mol. The predicted molar refractivity (Wildman–Crippen MR) is 51.3 cm³/mol. The molecule has 0 radical (unpaired) electrons. The first-order valence-corrected chi connectivity index (χ1v) is 5.04. The van der Waals surface area contributed by atoms with Crippen LogP contribution >= 0.6 is 0 Å². The lowest BCUT2D eigenvalue weighted by Crippen LogP contribution is -2.46. The van der Waals surface area contributed by atoms with Gasteiger partial charge in [-0.25, -0.2) is 0 Å². The Bertz CT molecular complexity index is 189. The van der Waals surface area contributed by atoms with Crippen LogP contribution in [0.3, 0.4) is 0 Å². The van der Waals surface area contributed by atoms with Gasteiger partial charge in [0, 0.05) is 18.1 Å². The Labute approximate surface area is 79.5 Å². The molecule has 1 amide bonds. The summed E-state index contributed by atoms with van der Waals surface area (Å²) in [4.78, 5) is 11.5. The molecule has 3 heteroatoms. The van der Waals surface area contributed by atoms with Gasteiger partial charge in [-0.3, -0.25) is 4.79 Å². The molecule has 0 aromatic heterocycles. The molecule has 2 N–H and O–H groups in total. The molecule has 1 atom stereocenters. The molecule has 13 heavy (non-hydrogen) atoms. The van der Waals surface area contributed by atoms with Crippen LogP contribution in [0.25, 0.3) is 0 Å². The van der Waals surface area contributed by atoms with Gasteiger partial charge in [0.1, 0.15) is 0 Å². The molecule has 76 valence electrons. The summed E-state index contributed by atoms with van der Waals surface area (Å²) in [6, 6.07) is 0. The molecule has 0 bridgehead atoms. The zero-order valence-corrected chi connectivity index (χ0v) is 8.47. The highest BCUT2D eigenvalue weighted by Gasteiger charge is 2.33. The normalized spacial score (nSPS) is 20.8. The van der Waals surface area contributed by atoms with Gasteiger partial charge in [-0.2, -0.15) is 0 Å². The van der Waals surface area contributed by atoms with Crippen LogP contribution in [0.2, 0.25) is 0 Å². The zero-order chi connectivity index (χ0) is 9.90. The quantitative estimate of drug-likeness (QED) is 0.673. The van der Waals surface area contributed by atoms with Crippen LogP contribution in [0.5, 0.6) is 0 Å². The number of rotatable bonds is 5. The summed E-state index contributed by atoms with van der Waals surface area (Å²) in [5.74, 6) is 0.419. The summed E-state index contributed by atoms with van der Waals surface area (Å²) in [6.07, 6.45) is 3.57. The first-order valence-electron chi connectivity index (χ1n) is 5.04. The van der Waals surface area contributed by atoms with Gasteiger partial charge in [0.05, 0.1) is 0 Å². The SMILES string of the molecule is CCC(C)(CCO)NC(=O)C1CC1. The van der Waals surface area contributed by atoms with Crippen LogP contribution in [0.15, 0.2) is 0 Å². The molecule has 0 aromatic rings. The fourth-order valence-corrected chi connectivity index (χ4v) is 1.32. The van der Waals surface area contributed by atoms with Crippen LogP contribution in [0, 0.1) is 5.92 Å². The number of hydrogen-bond acceptors (Lipinski definition) is 2. The molecule has 0 saturated heterocycles. The smallest absolute Gasteiger partial charge is 0.223 e. The largest absolute Gasteiger partial charge is 0.396 e. The Balaban J connectivity index is 2.40. The van der Waals surface area contributed by atoms with Crippen molar-refractivity contribution in [3.63, 3.8) is 0 Å². The van der Waals surface area contributed by atoms with Gasteiger partial charge in [-0.05, 0) is 32.6 Å². The van der Waals surface area contributed by atoms with Gasteiger partial charge in [0.15, 0.2) is 0 Å². The van der Waals surface area contributed by atoms with Crippen molar-refractivity contribution in [2.45, 2.75) is 45.1 Å². The van der Waals surface area contributed by atoms with E-state index in [1.54, 1.807) is 0 Å². The van der Waals surface area contributed by atoms with Crippen molar-refractivity contribution in [3.8, 4) is 0 Å². The highest BCUT2D eigenvalue weighted by Crippen LogP contribution is 2.30. The molecule has 1 fully saturated rings. The lowest BCUT2D eigenvalue weighted by atomic mass is 9.94. The van der Waals surface area contributed by atoms with Gasteiger partial charge < -0.3 is 10.4 Å². The van der Waals surface area contributed by atoms with Gasteiger partial charge in [-0.1, -0.05) is 6.92 Å². The maximum Gasteiger partial charge on any atom is 0.223 e. The Morgan fingerprint density at radius 1 is 1.62 bits per heavy atom. The van der Waals surface area contributed by atoms with Gasteiger partial charge in [-0.15, -0.1) is 0 Å². The van der Waals surface area contributed by atoms with Crippen molar-refractivity contribution in [2.75, 3.05) is 6.61 Å². The topological polar surface area (TPSA) is 49.3 Å². The summed E-state index contributed by atoms with van der Waals surface area (Å²) < 4.78 is 0. The monoisotopic (exact) mass is 185 g/mol.